The highest BCUT2D eigenvalue weighted by molar-refractivity contribution is 7.71. The van der Waals surface area contributed by atoms with Crippen molar-refractivity contribution < 1.29 is 14.3 Å². The molecule has 3 aromatic heterocycles. The summed E-state index contributed by atoms with van der Waals surface area (Å²) in [5.74, 6) is -0.227. The van der Waals surface area contributed by atoms with Crippen LogP contribution in [0.1, 0.15) is 40.2 Å². The SMILES string of the molecule is CC(=O)CCl.CCOC(=O)c1sc2nc(-c3ccccc3)cc(C)c2c1N.Cc1cc(-c2ccccc2)[nH]c(=S)c1C#N. The average Bonchev–Trinajstić information content (AvgIpc) is 3.35. The van der Waals surface area contributed by atoms with Gasteiger partial charge in [0, 0.05) is 16.6 Å². The first-order valence-electron chi connectivity index (χ1n) is 13.3. The van der Waals surface area contributed by atoms with Gasteiger partial charge in [-0.15, -0.1) is 22.9 Å². The molecular formula is C33H31ClN4O3S2. The van der Waals surface area contributed by atoms with Crippen LogP contribution >= 0.6 is 35.2 Å². The summed E-state index contributed by atoms with van der Waals surface area (Å²) in [6.07, 6.45) is 0. The summed E-state index contributed by atoms with van der Waals surface area (Å²) in [5.41, 5.74) is 13.0. The molecule has 0 atom stereocenters. The van der Waals surface area contributed by atoms with E-state index < -0.39 is 0 Å². The maximum absolute atomic E-state index is 12.0. The fraction of sp³-hybridized carbons (Fsp3) is 0.182. The molecule has 7 nitrogen and oxygen atoms in total. The molecule has 0 aliphatic rings. The molecule has 220 valence electrons. The number of H-pyrrole nitrogens is 1. The van der Waals surface area contributed by atoms with E-state index in [0.29, 0.717) is 27.4 Å². The first-order chi connectivity index (χ1) is 20.6. The van der Waals surface area contributed by atoms with E-state index in [1.807, 2.05) is 86.6 Å². The second-order valence-electron chi connectivity index (χ2n) is 9.32. The molecule has 0 saturated heterocycles. The summed E-state index contributed by atoms with van der Waals surface area (Å²) in [5, 5.41) is 9.76. The Hall–Kier alpha value is -4.36. The van der Waals surface area contributed by atoms with Gasteiger partial charge in [-0.05, 0) is 56.5 Å². The third-order valence-corrected chi connectivity index (χ3v) is 7.80. The Bertz CT molecular complexity index is 1830. The van der Waals surface area contributed by atoms with Crippen LogP contribution in [0.4, 0.5) is 5.69 Å². The molecule has 3 heterocycles. The molecule has 0 fully saturated rings. The Morgan fingerprint density at radius 3 is 2.14 bits per heavy atom. The number of thiophene rings is 1. The van der Waals surface area contributed by atoms with Crippen LogP contribution < -0.4 is 5.73 Å². The zero-order chi connectivity index (χ0) is 31.5. The molecule has 5 aromatic rings. The second kappa shape index (κ2) is 15.8. The van der Waals surface area contributed by atoms with Gasteiger partial charge in [-0.2, -0.15) is 5.26 Å². The number of carbonyl (C=O) groups excluding carboxylic acids is 2. The number of hydrogen-bond donors (Lipinski definition) is 2. The zero-order valence-corrected chi connectivity index (χ0v) is 26.6. The number of ether oxygens (including phenoxy) is 1. The van der Waals surface area contributed by atoms with Crippen molar-refractivity contribution in [3.8, 4) is 28.6 Å². The van der Waals surface area contributed by atoms with Gasteiger partial charge in [-0.25, -0.2) is 9.78 Å². The van der Waals surface area contributed by atoms with Gasteiger partial charge in [0.1, 0.15) is 26.2 Å². The number of alkyl halides is 1. The third kappa shape index (κ3) is 8.58. The van der Waals surface area contributed by atoms with Crippen molar-refractivity contribution in [2.45, 2.75) is 27.7 Å². The number of ketones is 1. The monoisotopic (exact) mass is 630 g/mol. The van der Waals surface area contributed by atoms with Gasteiger partial charge in [0.05, 0.1) is 29.4 Å². The van der Waals surface area contributed by atoms with Gasteiger partial charge in [0.25, 0.3) is 0 Å². The molecule has 0 spiro atoms. The number of nitrogens with zero attached hydrogens (tertiary/aromatic N) is 2. The summed E-state index contributed by atoms with van der Waals surface area (Å²) in [4.78, 5) is 30.6. The summed E-state index contributed by atoms with van der Waals surface area (Å²) in [6.45, 7) is 7.43. The number of aromatic nitrogens is 2. The number of nitrogen functional groups attached to an aromatic ring is 1. The van der Waals surface area contributed by atoms with E-state index in [1.165, 1.54) is 18.3 Å². The fourth-order valence-electron chi connectivity index (χ4n) is 4.02. The van der Waals surface area contributed by atoms with Crippen LogP contribution in [-0.4, -0.2) is 34.2 Å². The van der Waals surface area contributed by atoms with Crippen molar-refractivity contribution in [1.29, 1.82) is 5.26 Å². The van der Waals surface area contributed by atoms with Gasteiger partial charge < -0.3 is 15.5 Å². The Labute approximate surface area is 264 Å². The van der Waals surface area contributed by atoms with Crippen LogP contribution in [0.5, 0.6) is 0 Å². The molecule has 0 aliphatic heterocycles. The fourth-order valence-corrected chi connectivity index (χ4v) is 5.40. The second-order valence-corrected chi connectivity index (χ2v) is 11.0. The molecule has 5 rings (SSSR count). The van der Waals surface area contributed by atoms with Crippen molar-refractivity contribution in [3.63, 3.8) is 0 Å². The lowest BCUT2D eigenvalue weighted by atomic mass is 10.1. The number of nitrogens with one attached hydrogen (secondary N) is 1. The Balaban J connectivity index is 0.000000211. The number of benzene rings is 2. The van der Waals surface area contributed by atoms with E-state index in [-0.39, 0.29) is 17.6 Å². The van der Waals surface area contributed by atoms with Gasteiger partial charge in [0.15, 0.2) is 0 Å². The number of pyridine rings is 2. The molecule has 43 heavy (non-hydrogen) atoms. The number of nitrogens with two attached hydrogens (primary N) is 1. The first kappa shape index (κ1) is 33.1. The summed E-state index contributed by atoms with van der Waals surface area (Å²) >= 11 is 11.4. The topological polar surface area (TPSA) is 122 Å². The van der Waals surface area contributed by atoms with E-state index in [1.54, 1.807) is 6.92 Å². The molecule has 0 amide bonds. The smallest absolute Gasteiger partial charge is 0.350 e. The summed E-state index contributed by atoms with van der Waals surface area (Å²) in [7, 11) is 0. The van der Waals surface area contributed by atoms with Gasteiger partial charge in [-0.3, -0.25) is 4.79 Å². The normalized spacial score (nSPS) is 10.0. The molecule has 3 N–H and O–H groups in total. The van der Waals surface area contributed by atoms with E-state index >= 15 is 0 Å². The minimum Gasteiger partial charge on any atom is -0.462 e. The van der Waals surface area contributed by atoms with Crippen molar-refractivity contribution in [1.82, 2.24) is 9.97 Å². The number of esters is 1. The maximum Gasteiger partial charge on any atom is 0.350 e. The molecule has 10 heteroatoms. The molecule has 0 unspecified atom stereocenters. The highest BCUT2D eigenvalue weighted by Gasteiger charge is 2.20. The van der Waals surface area contributed by atoms with Crippen molar-refractivity contribution in [2.24, 2.45) is 0 Å². The molecule has 0 radical (unpaired) electrons. The third-order valence-electron chi connectivity index (χ3n) is 6.04. The number of hydrogen-bond acceptors (Lipinski definition) is 8. The number of Topliss-reactive ketones (excluding diaryl/α,β-unsaturated/α-hetero) is 1. The lowest BCUT2D eigenvalue weighted by Crippen LogP contribution is -2.04. The first-order valence-corrected chi connectivity index (χ1v) is 15.0. The van der Waals surface area contributed by atoms with Crippen LogP contribution in [0.15, 0.2) is 72.8 Å². The van der Waals surface area contributed by atoms with Crippen LogP contribution in [0.25, 0.3) is 32.7 Å². The van der Waals surface area contributed by atoms with Gasteiger partial charge in [0.2, 0.25) is 0 Å². The lowest BCUT2D eigenvalue weighted by molar-refractivity contribution is -0.114. The van der Waals surface area contributed by atoms with Crippen LogP contribution in [0.2, 0.25) is 0 Å². The van der Waals surface area contributed by atoms with Crippen LogP contribution in [-0.2, 0) is 9.53 Å². The zero-order valence-electron chi connectivity index (χ0n) is 24.2. The van der Waals surface area contributed by atoms with E-state index in [4.69, 9.17) is 39.6 Å². The minimum absolute atomic E-state index is 0.0201. The molecule has 0 bridgehead atoms. The maximum atomic E-state index is 12.0. The van der Waals surface area contributed by atoms with E-state index in [0.717, 1.165) is 43.9 Å². The number of aryl methyl sites for hydroxylation is 2. The number of aromatic amines is 1. The van der Waals surface area contributed by atoms with Crippen LogP contribution in [0.3, 0.4) is 0 Å². The molecular weight excluding hydrogens is 600 g/mol. The average molecular weight is 631 g/mol. The quantitative estimate of drug-likeness (QED) is 0.113. The Kier molecular flexibility index (Phi) is 12.1. The number of rotatable bonds is 5. The lowest BCUT2D eigenvalue weighted by Gasteiger charge is -2.04. The predicted molar refractivity (Wildman–Crippen MR) is 178 cm³/mol. The summed E-state index contributed by atoms with van der Waals surface area (Å²) < 4.78 is 5.56. The minimum atomic E-state index is -0.385. The Morgan fingerprint density at radius 2 is 1.63 bits per heavy atom. The molecule has 2 aromatic carbocycles. The number of carbonyl (C=O) groups is 2. The van der Waals surface area contributed by atoms with E-state index in [2.05, 4.69) is 16.0 Å². The number of anilines is 1. The van der Waals surface area contributed by atoms with Crippen LogP contribution in [0, 0.1) is 29.8 Å². The summed E-state index contributed by atoms with van der Waals surface area (Å²) in [6, 6.07) is 25.9. The van der Waals surface area contributed by atoms with Crippen molar-refractivity contribution in [3.05, 3.63) is 99.0 Å². The highest BCUT2D eigenvalue weighted by Crippen LogP contribution is 2.37. The molecule has 0 saturated carbocycles. The number of fused-ring (bicyclic) bond motifs is 1. The largest absolute Gasteiger partial charge is 0.462 e. The molecule has 0 aliphatic carbocycles. The predicted octanol–water partition coefficient (Wildman–Crippen LogP) is 8.44. The number of halogens is 1. The van der Waals surface area contributed by atoms with Gasteiger partial charge >= 0.3 is 5.97 Å². The van der Waals surface area contributed by atoms with Crippen molar-refractivity contribution in [2.75, 3.05) is 18.2 Å². The van der Waals surface area contributed by atoms with E-state index in [9.17, 15) is 9.59 Å². The number of nitriles is 1. The highest BCUT2D eigenvalue weighted by atomic mass is 35.5. The Morgan fingerprint density at radius 1 is 1.05 bits per heavy atom. The standard InChI is InChI=1S/C17H16N2O2S.C13H10N2S.C3H5ClO/c1-3-21-17(20)15-14(18)13-10(2)9-12(19-16(13)22-15)11-7-5-4-6-8-11;1-9-7-12(10-5-3-2-4-6-10)15-13(16)11(9)8-14;1-3(5)2-4/h4-9H,3,18H2,1-2H3;2-7H,1H3,(H,15,16);2H2,1H3. The van der Waals surface area contributed by atoms with Gasteiger partial charge in [-0.1, -0.05) is 72.9 Å². The van der Waals surface area contributed by atoms with Crippen molar-refractivity contribution >= 4 is 62.8 Å².